The Kier molecular flexibility index (Phi) is 7.81. The monoisotopic (exact) mass is 432 g/mol. The van der Waals surface area contributed by atoms with Crippen LogP contribution in [0.5, 0.6) is 11.5 Å². The summed E-state index contributed by atoms with van der Waals surface area (Å²) < 4.78 is 34.7. The molecule has 31 heavy (non-hydrogen) atoms. The fraction of sp³-hybridized carbons (Fsp3) is 0.391. The van der Waals surface area contributed by atoms with Crippen LogP contribution in [0.2, 0.25) is 0 Å². The van der Waals surface area contributed by atoms with E-state index in [1.807, 2.05) is 30.3 Å². The van der Waals surface area contributed by atoms with E-state index in [2.05, 4.69) is 10.1 Å². The van der Waals surface area contributed by atoms with E-state index in [4.69, 9.17) is 4.74 Å². The van der Waals surface area contributed by atoms with E-state index in [-0.39, 0.29) is 29.7 Å². The van der Waals surface area contributed by atoms with Crippen molar-refractivity contribution in [3.05, 3.63) is 59.7 Å². The smallest absolute Gasteiger partial charge is 0.387 e. The Morgan fingerprint density at radius 2 is 1.90 bits per heavy atom. The van der Waals surface area contributed by atoms with Gasteiger partial charge in [0.05, 0.1) is 13.5 Å². The van der Waals surface area contributed by atoms with Gasteiger partial charge in [-0.25, -0.2) is 0 Å². The third kappa shape index (κ3) is 6.16. The van der Waals surface area contributed by atoms with Crippen molar-refractivity contribution < 1.29 is 27.8 Å². The molecule has 2 aromatic rings. The number of nitrogens with one attached hydrogen (secondary N) is 1. The van der Waals surface area contributed by atoms with Crippen LogP contribution in [0.15, 0.2) is 48.5 Å². The molecule has 0 spiro atoms. The van der Waals surface area contributed by atoms with Gasteiger partial charge in [0.25, 0.3) is 0 Å². The Morgan fingerprint density at radius 1 is 1.13 bits per heavy atom. The van der Waals surface area contributed by atoms with Gasteiger partial charge in [0.1, 0.15) is 6.04 Å². The molecular weight excluding hydrogens is 406 g/mol. The summed E-state index contributed by atoms with van der Waals surface area (Å²) in [5.41, 5.74) is 1.64. The minimum atomic E-state index is -2.95. The first-order chi connectivity index (χ1) is 15.0. The van der Waals surface area contributed by atoms with Gasteiger partial charge in [-0.3, -0.25) is 9.59 Å². The molecule has 1 N–H and O–H groups in total. The van der Waals surface area contributed by atoms with E-state index in [1.54, 1.807) is 17.0 Å². The van der Waals surface area contributed by atoms with Crippen LogP contribution in [0.4, 0.5) is 8.78 Å². The van der Waals surface area contributed by atoms with Crippen molar-refractivity contribution in [1.82, 2.24) is 10.2 Å². The third-order valence-corrected chi connectivity index (χ3v) is 5.23. The number of halogens is 2. The quantitative estimate of drug-likeness (QED) is 0.661. The zero-order chi connectivity index (χ0) is 22.2. The largest absolute Gasteiger partial charge is 0.493 e. The van der Waals surface area contributed by atoms with E-state index in [9.17, 15) is 18.4 Å². The number of benzene rings is 2. The lowest BCUT2D eigenvalue weighted by Crippen LogP contribution is -2.46. The number of hydrogen-bond donors (Lipinski definition) is 1. The van der Waals surface area contributed by atoms with Crippen LogP contribution in [-0.2, 0) is 22.4 Å². The molecule has 1 fully saturated rings. The zero-order valence-electron chi connectivity index (χ0n) is 17.4. The highest BCUT2D eigenvalue weighted by molar-refractivity contribution is 5.89. The number of likely N-dealkylation sites (tertiary alicyclic amines) is 1. The molecule has 1 unspecified atom stereocenters. The first-order valence-electron chi connectivity index (χ1n) is 10.2. The molecule has 1 atom stereocenters. The van der Waals surface area contributed by atoms with E-state index >= 15 is 0 Å². The van der Waals surface area contributed by atoms with Crippen molar-refractivity contribution in [3.8, 4) is 11.5 Å². The van der Waals surface area contributed by atoms with Gasteiger partial charge in [-0.15, -0.1) is 0 Å². The van der Waals surface area contributed by atoms with Crippen molar-refractivity contribution in [2.24, 2.45) is 0 Å². The molecule has 3 rings (SSSR count). The Bertz CT molecular complexity index is 892. The van der Waals surface area contributed by atoms with Crippen LogP contribution < -0.4 is 14.8 Å². The van der Waals surface area contributed by atoms with Crippen LogP contribution >= 0.6 is 0 Å². The summed E-state index contributed by atoms with van der Waals surface area (Å²) in [4.78, 5) is 27.0. The fourth-order valence-electron chi connectivity index (χ4n) is 3.72. The highest BCUT2D eigenvalue weighted by Gasteiger charge is 2.33. The molecule has 0 radical (unpaired) electrons. The van der Waals surface area contributed by atoms with Gasteiger partial charge < -0.3 is 19.7 Å². The predicted molar refractivity (Wildman–Crippen MR) is 111 cm³/mol. The van der Waals surface area contributed by atoms with Crippen LogP contribution in [0.25, 0.3) is 0 Å². The van der Waals surface area contributed by atoms with Crippen LogP contribution in [0.1, 0.15) is 24.0 Å². The molecule has 1 aliphatic rings. The average Bonchev–Trinajstić information content (AvgIpc) is 3.24. The van der Waals surface area contributed by atoms with E-state index in [1.165, 1.54) is 13.2 Å². The van der Waals surface area contributed by atoms with Crippen molar-refractivity contribution >= 4 is 11.8 Å². The first-order valence-corrected chi connectivity index (χ1v) is 10.2. The van der Waals surface area contributed by atoms with E-state index < -0.39 is 12.7 Å². The lowest BCUT2D eigenvalue weighted by Gasteiger charge is -2.24. The molecule has 6 nitrogen and oxygen atoms in total. The second-order valence-electron chi connectivity index (χ2n) is 7.31. The maximum absolute atomic E-state index is 12.7. The molecule has 0 aromatic heterocycles. The number of carbonyl (C=O) groups is 2. The van der Waals surface area contributed by atoms with Gasteiger partial charge in [0.2, 0.25) is 11.8 Å². The summed E-state index contributed by atoms with van der Waals surface area (Å²) in [5, 5.41) is 2.86. The number of ether oxygens (including phenoxy) is 2. The lowest BCUT2D eigenvalue weighted by molar-refractivity contribution is -0.137. The number of rotatable bonds is 9. The molecule has 0 bridgehead atoms. The van der Waals surface area contributed by atoms with Crippen molar-refractivity contribution in [2.75, 3.05) is 20.2 Å². The Morgan fingerprint density at radius 3 is 2.61 bits per heavy atom. The van der Waals surface area contributed by atoms with Gasteiger partial charge in [-0.1, -0.05) is 36.4 Å². The van der Waals surface area contributed by atoms with E-state index in [0.29, 0.717) is 25.9 Å². The van der Waals surface area contributed by atoms with E-state index in [0.717, 1.165) is 17.5 Å². The summed E-state index contributed by atoms with van der Waals surface area (Å²) >= 11 is 0. The van der Waals surface area contributed by atoms with Crippen LogP contribution in [0.3, 0.4) is 0 Å². The Labute approximate surface area is 180 Å². The maximum atomic E-state index is 12.7. The standard InChI is InChI=1S/C23H26F2N2O4/c1-30-19-10-9-17(14-20(19)31-23(24)25)11-12-26-22(29)18-8-5-13-27(18)21(28)15-16-6-3-2-4-7-16/h2-4,6-7,9-10,14,18,23H,5,8,11-13,15H2,1H3,(H,26,29). The molecule has 0 aliphatic carbocycles. The average molecular weight is 432 g/mol. The number of methoxy groups -OCH3 is 1. The summed E-state index contributed by atoms with van der Waals surface area (Å²) in [5.74, 6) is -0.0920. The second-order valence-corrected chi connectivity index (χ2v) is 7.31. The number of amides is 2. The molecule has 1 heterocycles. The minimum absolute atomic E-state index is 0.0465. The van der Waals surface area contributed by atoms with Gasteiger partial charge >= 0.3 is 6.61 Å². The number of alkyl halides is 2. The van der Waals surface area contributed by atoms with Gasteiger partial charge in [-0.2, -0.15) is 8.78 Å². The SMILES string of the molecule is COc1ccc(CCNC(=O)C2CCCN2C(=O)Cc2ccccc2)cc1OC(F)F. The Hall–Kier alpha value is -3.16. The fourth-order valence-corrected chi connectivity index (χ4v) is 3.72. The number of carbonyl (C=O) groups excluding carboxylic acids is 2. The molecule has 2 aromatic carbocycles. The summed E-state index contributed by atoms with van der Waals surface area (Å²) in [6.07, 6.45) is 2.11. The third-order valence-electron chi connectivity index (χ3n) is 5.23. The summed E-state index contributed by atoms with van der Waals surface area (Å²) in [6.45, 7) is -2.07. The van der Waals surface area contributed by atoms with Gasteiger partial charge in [0, 0.05) is 13.1 Å². The van der Waals surface area contributed by atoms with Crippen molar-refractivity contribution in [3.63, 3.8) is 0 Å². The summed E-state index contributed by atoms with van der Waals surface area (Å²) in [6, 6.07) is 13.7. The molecule has 166 valence electrons. The zero-order valence-corrected chi connectivity index (χ0v) is 17.4. The maximum Gasteiger partial charge on any atom is 0.387 e. The molecular formula is C23H26F2N2O4. The van der Waals surface area contributed by atoms with Gasteiger partial charge in [0.15, 0.2) is 11.5 Å². The van der Waals surface area contributed by atoms with Crippen LogP contribution in [-0.4, -0.2) is 49.6 Å². The van der Waals surface area contributed by atoms with Crippen molar-refractivity contribution in [2.45, 2.75) is 38.3 Å². The predicted octanol–water partition coefficient (Wildman–Crippen LogP) is 3.19. The molecule has 2 amide bonds. The normalized spacial score (nSPS) is 15.7. The number of hydrogen-bond acceptors (Lipinski definition) is 4. The topological polar surface area (TPSA) is 67.9 Å². The Balaban J connectivity index is 1.53. The highest BCUT2D eigenvalue weighted by Crippen LogP contribution is 2.29. The van der Waals surface area contributed by atoms with Crippen LogP contribution in [0, 0.1) is 0 Å². The van der Waals surface area contributed by atoms with Gasteiger partial charge in [-0.05, 0) is 42.5 Å². The second kappa shape index (κ2) is 10.7. The molecule has 1 aliphatic heterocycles. The lowest BCUT2D eigenvalue weighted by atomic mass is 10.1. The summed E-state index contributed by atoms with van der Waals surface area (Å²) in [7, 11) is 1.37. The highest BCUT2D eigenvalue weighted by atomic mass is 19.3. The molecule has 0 saturated carbocycles. The first kappa shape index (κ1) is 22.5. The van der Waals surface area contributed by atoms with Crippen molar-refractivity contribution in [1.29, 1.82) is 0 Å². The molecule has 8 heteroatoms. The number of nitrogens with zero attached hydrogens (tertiary/aromatic N) is 1. The minimum Gasteiger partial charge on any atom is -0.493 e. The molecule has 1 saturated heterocycles.